The van der Waals surface area contributed by atoms with Crippen molar-refractivity contribution in [1.29, 1.82) is 0 Å². The molecule has 2 nitrogen and oxygen atoms in total. The minimum Gasteiger partial charge on any atom is -0.456 e. The smallest absolute Gasteiger partial charge is 0.139 e. The first-order chi connectivity index (χ1) is 30.8. The van der Waals surface area contributed by atoms with Crippen molar-refractivity contribution in [2.75, 3.05) is 0 Å². The van der Waals surface area contributed by atoms with Gasteiger partial charge in [0.25, 0.3) is 0 Å². The van der Waals surface area contributed by atoms with Gasteiger partial charge in [0.1, 0.15) is 22.3 Å². The highest BCUT2D eigenvalue weighted by Crippen LogP contribution is 2.54. The van der Waals surface area contributed by atoms with Crippen LogP contribution < -0.4 is 0 Å². The molecule has 0 amide bonds. The number of hydrogen-bond donors (Lipinski definition) is 0. The van der Waals surface area contributed by atoms with E-state index in [0.29, 0.717) is 11.8 Å². The largest absolute Gasteiger partial charge is 0.456 e. The van der Waals surface area contributed by atoms with Crippen molar-refractivity contribution in [1.82, 2.24) is 0 Å². The van der Waals surface area contributed by atoms with Crippen LogP contribution in [-0.4, -0.2) is 0 Å². The highest BCUT2D eigenvalue weighted by atomic mass is 16.3. The Hall–Kier alpha value is -7.16. The fourth-order valence-electron chi connectivity index (χ4n) is 11.4. The predicted molar refractivity (Wildman–Crippen MR) is 256 cm³/mol. The molecule has 2 unspecified atom stereocenters. The van der Waals surface area contributed by atoms with Gasteiger partial charge in [-0.3, -0.25) is 0 Å². The van der Waals surface area contributed by atoms with Crippen LogP contribution in [0.25, 0.3) is 76.2 Å². The van der Waals surface area contributed by atoms with Crippen LogP contribution in [0.1, 0.15) is 93.9 Å². The predicted octanol–water partition coefficient (Wildman–Crippen LogP) is 16.5. The summed E-state index contributed by atoms with van der Waals surface area (Å²) in [5.41, 5.74) is 14.5. The summed E-state index contributed by atoms with van der Waals surface area (Å²) in [6.45, 7) is 0. The van der Waals surface area contributed by atoms with E-state index in [9.17, 15) is 0 Å². The summed E-state index contributed by atoms with van der Waals surface area (Å²) in [7, 11) is 0. The van der Waals surface area contributed by atoms with Crippen molar-refractivity contribution < 1.29 is 8.83 Å². The van der Waals surface area contributed by atoms with Gasteiger partial charge in [0.15, 0.2) is 0 Å². The molecular weight excluding hydrogens is 753 g/mol. The van der Waals surface area contributed by atoms with Crippen LogP contribution in [-0.2, 0) is 0 Å². The molecule has 0 saturated heterocycles. The van der Waals surface area contributed by atoms with Crippen LogP contribution >= 0.6 is 0 Å². The summed E-state index contributed by atoms with van der Waals surface area (Å²) in [6.07, 6.45) is 4.92. The lowest BCUT2D eigenvalue weighted by molar-refractivity contribution is 0.661. The van der Waals surface area contributed by atoms with Crippen LogP contribution in [0.3, 0.4) is 0 Å². The SMILES string of the molecule is c1ccc(C(c2cc(C3CC3)c3ccc4c(C(c5ccccc5)c5cccc6c5oc5ccccc56)cc(C5CC5)c5ccc2c3c54)c2cccc3c2oc2ccccc23)cc1. The minimum absolute atomic E-state index is 0.0346. The zero-order valence-corrected chi connectivity index (χ0v) is 34.3. The van der Waals surface area contributed by atoms with E-state index in [0.717, 1.165) is 33.1 Å². The van der Waals surface area contributed by atoms with Crippen LogP contribution in [0, 0.1) is 0 Å². The van der Waals surface area contributed by atoms with E-state index in [1.165, 1.54) is 113 Å². The average Bonchev–Trinajstić information content (AvgIpc) is 4.28. The average molecular weight is 795 g/mol. The Morgan fingerprint density at radius 1 is 0.323 bits per heavy atom. The maximum absolute atomic E-state index is 6.84. The van der Waals surface area contributed by atoms with Crippen molar-refractivity contribution in [2.24, 2.45) is 0 Å². The molecule has 10 aromatic carbocycles. The molecule has 62 heavy (non-hydrogen) atoms. The molecule has 2 aromatic heterocycles. The Bertz CT molecular complexity index is 3470. The number of furan rings is 2. The van der Waals surface area contributed by atoms with Crippen molar-refractivity contribution in [3.63, 3.8) is 0 Å². The van der Waals surface area contributed by atoms with Crippen molar-refractivity contribution in [2.45, 2.75) is 49.4 Å². The zero-order valence-electron chi connectivity index (χ0n) is 34.3. The zero-order chi connectivity index (χ0) is 40.5. The topological polar surface area (TPSA) is 26.3 Å². The van der Waals surface area contributed by atoms with Gasteiger partial charge in [0, 0.05) is 44.5 Å². The normalized spacial score (nSPS) is 15.5. The van der Waals surface area contributed by atoms with Gasteiger partial charge < -0.3 is 8.83 Å². The number of para-hydroxylation sites is 4. The molecule has 0 N–H and O–H groups in total. The van der Waals surface area contributed by atoms with E-state index < -0.39 is 0 Å². The van der Waals surface area contributed by atoms with Gasteiger partial charge in [-0.05, 0) is 115 Å². The quantitative estimate of drug-likeness (QED) is 0.113. The summed E-state index contributed by atoms with van der Waals surface area (Å²) >= 11 is 0. The Balaban J connectivity index is 1.10. The third-order valence-electron chi connectivity index (χ3n) is 14.4. The molecule has 2 aliphatic rings. The highest BCUT2D eigenvalue weighted by molar-refractivity contribution is 6.26. The number of rotatable bonds is 8. The van der Waals surface area contributed by atoms with Gasteiger partial charge in [-0.25, -0.2) is 0 Å². The summed E-state index contributed by atoms with van der Waals surface area (Å²) in [6, 6.07) is 67.9. The minimum atomic E-state index is -0.0346. The van der Waals surface area contributed by atoms with Crippen LogP contribution in [0.5, 0.6) is 0 Å². The number of fused-ring (bicyclic) bond motifs is 6. The third-order valence-corrected chi connectivity index (χ3v) is 14.4. The molecule has 2 heterocycles. The fourth-order valence-corrected chi connectivity index (χ4v) is 11.4. The van der Waals surface area contributed by atoms with Gasteiger partial charge >= 0.3 is 0 Å². The first-order valence-corrected chi connectivity index (χ1v) is 22.4. The van der Waals surface area contributed by atoms with Crippen molar-refractivity contribution >= 4 is 76.2 Å². The lowest BCUT2D eigenvalue weighted by Crippen LogP contribution is -2.08. The molecule has 294 valence electrons. The van der Waals surface area contributed by atoms with E-state index in [4.69, 9.17) is 8.83 Å². The summed E-state index contributed by atoms with van der Waals surface area (Å²) < 4.78 is 13.7. The number of hydrogen-bond acceptors (Lipinski definition) is 2. The van der Waals surface area contributed by atoms with Gasteiger partial charge in [0.2, 0.25) is 0 Å². The molecule has 2 heteroatoms. The third kappa shape index (κ3) is 5.10. The Morgan fingerprint density at radius 2 is 0.710 bits per heavy atom. The number of benzene rings is 10. The molecule has 0 radical (unpaired) electrons. The lowest BCUT2D eigenvalue weighted by Gasteiger charge is -2.27. The second kappa shape index (κ2) is 13.2. The molecule has 12 aromatic rings. The molecule has 14 rings (SSSR count). The Kier molecular flexibility index (Phi) is 7.34. The van der Waals surface area contributed by atoms with E-state index in [-0.39, 0.29) is 11.8 Å². The fraction of sp³-hybridized carbons (Fsp3) is 0.133. The molecule has 2 fully saturated rings. The summed E-state index contributed by atoms with van der Waals surface area (Å²) in [5.74, 6) is 1.05. The first-order valence-electron chi connectivity index (χ1n) is 22.4. The molecule has 2 atom stereocenters. The molecule has 0 bridgehead atoms. The van der Waals surface area contributed by atoms with Crippen LogP contribution in [0.15, 0.2) is 191 Å². The maximum atomic E-state index is 6.84. The van der Waals surface area contributed by atoms with Crippen LogP contribution in [0.2, 0.25) is 0 Å². The summed E-state index contributed by atoms with van der Waals surface area (Å²) in [5, 5.41) is 13.0. The van der Waals surface area contributed by atoms with E-state index >= 15 is 0 Å². The van der Waals surface area contributed by atoms with E-state index in [2.05, 4.69) is 182 Å². The van der Waals surface area contributed by atoms with Crippen LogP contribution in [0.4, 0.5) is 0 Å². The van der Waals surface area contributed by atoms with E-state index in [1.807, 2.05) is 0 Å². The molecule has 0 spiro atoms. The van der Waals surface area contributed by atoms with E-state index in [1.54, 1.807) is 0 Å². The van der Waals surface area contributed by atoms with Gasteiger partial charge in [-0.15, -0.1) is 0 Å². The van der Waals surface area contributed by atoms with Crippen molar-refractivity contribution in [3.8, 4) is 0 Å². The molecular formula is C60H42O2. The first kappa shape index (κ1) is 34.5. The van der Waals surface area contributed by atoms with Gasteiger partial charge in [-0.1, -0.05) is 170 Å². The highest BCUT2D eigenvalue weighted by Gasteiger charge is 2.34. The molecule has 2 saturated carbocycles. The molecule has 0 aliphatic heterocycles. The van der Waals surface area contributed by atoms with Crippen molar-refractivity contribution in [3.05, 3.63) is 226 Å². The Labute approximate surface area is 359 Å². The standard InChI is InChI=1S/C60H42O2/c1-3-13-37(14-4-1)55(47-21-11-19-45-39-17-7-9-23-53(39)61-59(45)47)51-33-49(35-25-26-35)41-30-32-44-52(34-50(36-27-28-36)42-29-31-43(51)57(41)58(42)44)56(38-15-5-2-6-16-38)48-22-12-20-46-40-18-8-10-24-54(40)62-60(46)48/h1-24,29-36,55-56H,25-28H2. The summed E-state index contributed by atoms with van der Waals surface area (Å²) in [4.78, 5) is 0. The van der Waals surface area contributed by atoms with Gasteiger partial charge in [-0.2, -0.15) is 0 Å². The maximum Gasteiger partial charge on any atom is 0.139 e. The lowest BCUT2D eigenvalue weighted by atomic mass is 9.76. The Morgan fingerprint density at radius 3 is 1.15 bits per heavy atom. The van der Waals surface area contributed by atoms with Gasteiger partial charge in [0.05, 0.1) is 0 Å². The monoisotopic (exact) mass is 794 g/mol. The second-order valence-electron chi connectivity index (χ2n) is 18.1. The molecule has 2 aliphatic carbocycles. The second-order valence-corrected chi connectivity index (χ2v) is 18.1.